The normalized spacial score (nSPS) is 23.1. The van der Waals surface area contributed by atoms with Crippen molar-refractivity contribution < 1.29 is 14.7 Å². The van der Waals surface area contributed by atoms with Gasteiger partial charge in [-0.1, -0.05) is 38.8 Å². The molecule has 1 aliphatic rings. The van der Waals surface area contributed by atoms with E-state index in [1.165, 1.54) is 0 Å². The highest BCUT2D eigenvalue weighted by molar-refractivity contribution is 5.85. The van der Waals surface area contributed by atoms with Gasteiger partial charge in [0.2, 0.25) is 5.91 Å². The topological polar surface area (TPSA) is 66.4 Å². The molecule has 0 saturated carbocycles. The highest BCUT2D eigenvalue weighted by Gasteiger charge is 2.33. The van der Waals surface area contributed by atoms with Crippen LogP contribution in [0.3, 0.4) is 0 Å². The van der Waals surface area contributed by atoms with Crippen molar-refractivity contribution in [3.05, 3.63) is 12.2 Å². The van der Waals surface area contributed by atoms with Crippen molar-refractivity contribution in [2.24, 2.45) is 17.8 Å². The standard InChI is InChI=1S/C14H23NO3/c1-3-10(4-2)9-15-13(16)11-7-5-6-8-12(11)14(17)18/h5-6,10-12H,3-4,7-9H2,1-2H3,(H,15,16)(H,17,18)/t11-,12+/m1/s1. The number of aliphatic carboxylic acids is 1. The lowest BCUT2D eigenvalue weighted by Crippen LogP contribution is -2.40. The maximum Gasteiger partial charge on any atom is 0.307 e. The van der Waals surface area contributed by atoms with Gasteiger partial charge < -0.3 is 10.4 Å². The number of nitrogens with one attached hydrogen (secondary N) is 1. The zero-order valence-corrected chi connectivity index (χ0v) is 11.2. The van der Waals surface area contributed by atoms with Crippen LogP contribution in [0.4, 0.5) is 0 Å². The lowest BCUT2D eigenvalue weighted by molar-refractivity contribution is -0.147. The van der Waals surface area contributed by atoms with Gasteiger partial charge >= 0.3 is 5.97 Å². The Balaban J connectivity index is 2.54. The Labute approximate surface area is 108 Å². The van der Waals surface area contributed by atoms with Gasteiger partial charge in [0.15, 0.2) is 0 Å². The minimum atomic E-state index is -0.873. The van der Waals surface area contributed by atoms with Gasteiger partial charge in [-0.15, -0.1) is 0 Å². The van der Waals surface area contributed by atoms with Crippen LogP contribution in [0.2, 0.25) is 0 Å². The second-order valence-electron chi connectivity index (χ2n) is 4.92. The Bertz CT molecular complexity index is 321. The van der Waals surface area contributed by atoms with Crippen LogP contribution < -0.4 is 5.32 Å². The Hall–Kier alpha value is -1.32. The van der Waals surface area contributed by atoms with E-state index in [4.69, 9.17) is 5.11 Å². The van der Waals surface area contributed by atoms with Crippen molar-refractivity contribution in [3.63, 3.8) is 0 Å². The molecular formula is C14H23NO3. The van der Waals surface area contributed by atoms with Crippen molar-refractivity contribution in [2.45, 2.75) is 39.5 Å². The van der Waals surface area contributed by atoms with E-state index in [-0.39, 0.29) is 5.91 Å². The van der Waals surface area contributed by atoms with Gasteiger partial charge in [0.1, 0.15) is 0 Å². The van der Waals surface area contributed by atoms with Gasteiger partial charge in [-0.25, -0.2) is 0 Å². The van der Waals surface area contributed by atoms with E-state index < -0.39 is 17.8 Å². The van der Waals surface area contributed by atoms with Crippen molar-refractivity contribution in [1.82, 2.24) is 5.32 Å². The minimum absolute atomic E-state index is 0.112. The molecule has 0 bridgehead atoms. The lowest BCUT2D eigenvalue weighted by atomic mass is 9.82. The monoisotopic (exact) mass is 253 g/mol. The van der Waals surface area contributed by atoms with Crippen LogP contribution in [0, 0.1) is 17.8 Å². The number of carboxylic acids is 1. The minimum Gasteiger partial charge on any atom is -0.481 e. The Morgan fingerprint density at radius 2 is 1.78 bits per heavy atom. The SMILES string of the molecule is CCC(CC)CNC(=O)[C@@H]1CC=CC[C@@H]1C(=O)O. The van der Waals surface area contributed by atoms with Gasteiger partial charge in [0.25, 0.3) is 0 Å². The summed E-state index contributed by atoms with van der Waals surface area (Å²) in [5, 5.41) is 12.0. The average molecular weight is 253 g/mol. The third kappa shape index (κ3) is 3.86. The summed E-state index contributed by atoms with van der Waals surface area (Å²) in [6.07, 6.45) is 6.81. The molecule has 1 rings (SSSR count). The second kappa shape index (κ2) is 7.19. The summed E-state index contributed by atoms with van der Waals surface area (Å²) in [5.41, 5.74) is 0. The molecule has 1 amide bonds. The van der Waals surface area contributed by atoms with E-state index in [0.717, 1.165) is 12.8 Å². The fourth-order valence-corrected chi connectivity index (χ4v) is 2.33. The molecule has 2 N–H and O–H groups in total. The van der Waals surface area contributed by atoms with Crippen LogP contribution in [0.15, 0.2) is 12.2 Å². The molecule has 18 heavy (non-hydrogen) atoms. The summed E-state index contributed by atoms with van der Waals surface area (Å²) in [4.78, 5) is 23.1. The fraction of sp³-hybridized carbons (Fsp3) is 0.714. The average Bonchev–Trinajstić information content (AvgIpc) is 2.39. The number of amides is 1. The van der Waals surface area contributed by atoms with Crippen LogP contribution in [0.5, 0.6) is 0 Å². The van der Waals surface area contributed by atoms with Crippen LogP contribution >= 0.6 is 0 Å². The van der Waals surface area contributed by atoms with E-state index in [0.29, 0.717) is 25.3 Å². The molecule has 0 aromatic carbocycles. The van der Waals surface area contributed by atoms with Crippen molar-refractivity contribution in [3.8, 4) is 0 Å². The van der Waals surface area contributed by atoms with E-state index in [9.17, 15) is 9.59 Å². The van der Waals surface area contributed by atoms with Gasteiger partial charge in [-0.2, -0.15) is 0 Å². The molecule has 102 valence electrons. The number of carbonyl (C=O) groups excluding carboxylic acids is 1. The zero-order valence-electron chi connectivity index (χ0n) is 11.2. The Kier molecular flexibility index (Phi) is 5.89. The van der Waals surface area contributed by atoms with Crippen molar-refractivity contribution in [1.29, 1.82) is 0 Å². The number of allylic oxidation sites excluding steroid dienone is 2. The molecule has 0 heterocycles. The number of hydrogen-bond donors (Lipinski definition) is 2. The number of carbonyl (C=O) groups is 2. The summed E-state index contributed by atoms with van der Waals surface area (Å²) < 4.78 is 0. The number of carboxylic acid groups (broad SMARTS) is 1. The molecule has 0 saturated heterocycles. The summed E-state index contributed by atoms with van der Waals surface area (Å²) in [7, 11) is 0. The summed E-state index contributed by atoms with van der Waals surface area (Å²) in [5.74, 6) is -1.49. The molecule has 0 aliphatic heterocycles. The molecule has 1 aliphatic carbocycles. The van der Waals surface area contributed by atoms with E-state index in [2.05, 4.69) is 19.2 Å². The second-order valence-corrected chi connectivity index (χ2v) is 4.92. The summed E-state index contributed by atoms with van der Waals surface area (Å²) >= 11 is 0. The predicted octanol–water partition coefficient (Wildman–Crippen LogP) is 2.21. The smallest absolute Gasteiger partial charge is 0.307 e. The Morgan fingerprint density at radius 1 is 1.22 bits per heavy atom. The molecule has 4 heteroatoms. The largest absolute Gasteiger partial charge is 0.481 e. The first kappa shape index (κ1) is 14.7. The first-order valence-electron chi connectivity index (χ1n) is 6.75. The highest BCUT2D eigenvalue weighted by Crippen LogP contribution is 2.26. The number of hydrogen-bond acceptors (Lipinski definition) is 2. The van der Waals surface area contributed by atoms with Gasteiger partial charge in [-0.3, -0.25) is 9.59 Å². The molecule has 0 fully saturated rings. The van der Waals surface area contributed by atoms with Crippen LogP contribution in [-0.2, 0) is 9.59 Å². The molecule has 4 nitrogen and oxygen atoms in total. The van der Waals surface area contributed by atoms with Gasteiger partial charge in [0, 0.05) is 6.54 Å². The molecule has 0 radical (unpaired) electrons. The summed E-state index contributed by atoms with van der Waals surface area (Å²) in [6.45, 7) is 4.85. The highest BCUT2D eigenvalue weighted by atomic mass is 16.4. The fourth-order valence-electron chi connectivity index (χ4n) is 2.33. The van der Waals surface area contributed by atoms with Gasteiger partial charge in [-0.05, 0) is 18.8 Å². The quantitative estimate of drug-likeness (QED) is 0.713. The first-order valence-corrected chi connectivity index (χ1v) is 6.75. The molecule has 0 aromatic rings. The molecule has 0 spiro atoms. The zero-order chi connectivity index (χ0) is 13.5. The number of rotatable bonds is 6. The lowest BCUT2D eigenvalue weighted by Gasteiger charge is -2.25. The maximum absolute atomic E-state index is 12.0. The Morgan fingerprint density at radius 3 is 2.28 bits per heavy atom. The van der Waals surface area contributed by atoms with E-state index >= 15 is 0 Å². The van der Waals surface area contributed by atoms with Crippen molar-refractivity contribution >= 4 is 11.9 Å². The van der Waals surface area contributed by atoms with E-state index in [1.807, 2.05) is 12.2 Å². The summed E-state index contributed by atoms with van der Waals surface area (Å²) in [6, 6.07) is 0. The maximum atomic E-state index is 12.0. The van der Waals surface area contributed by atoms with Crippen molar-refractivity contribution in [2.75, 3.05) is 6.54 Å². The third-order valence-corrected chi connectivity index (χ3v) is 3.81. The van der Waals surface area contributed by atoms with Gasteiger partial charge in [0.05, 0.1) is 11.8 Å². The third-order valence-electron chi connectivity index (χ3n) is 3.81. The van der Waals surface area contributed by atoms with Crippen LogP contribution in [-0.4, -0.2) is 23.5 Å². The predicted molar refractivity (Wildman–Crippen MR) is 70.1 cm³/mol. The van der Waals surface area contributed by atoms with E-state index in [1.54, 1.807) is 0 Å². The van der Waals surface area contributed by atoms with Crippen LogP contribution in [0.25, 0.3) is 0 Å². The van der Waals surface area contributed by atoms with Crippen LogP contribution in [0.1, 0.15) is 39.5 Å². The molecule has 0 aromatic heterocycles. The first-order chi connectivity index (χ1) is 8.60. The molecular weight excluding hydrogens is 230 g/mol. The molecule has 2 atom stereocenters. The molecule has 0 unspecified atom stereocenters.